The minimum atomic E-state index is -0.572. The summed E-state index contributed by atoms with van der Waals surface area (Å²) in [4.78, 5) is 30.3. The number of thioether (sulfide) groups is 1. The second kappa shape index (κ2) is 8.02. The number of carbonyl (C=O) groups excluding carboxylic acids is 2. The van der Waals surface area contributed by atoms with Crippen LogP contribution in [0.15, 0.2) is 5.16 Å². The van der Waals surface area contributed by atoms with Gasteiger partial charge >= 0.3 is 6.09 Å². The molecule has 0 radical (unpaired) electrons. The van der Waals surface area contributed by atoms with Crippen molar-refractivity contribution >= 4 is 50.7 Å². The van der Waals surface area contributed by atoms with Crippen LogP contribution in [0.25, 0.3) is 0 Å². The van der Waals surface area contributed by atoms with Crippen LogP contribution < -0.4 is 0 Å². The Kier molecular flexibility index (Phi) is 6.56. The molecule has 23 heavy (non-hydrogen) atoms. The topological polar surface area (TPSA) is 62.2 Å². The first-order chi connectivity index (χ1) is 10.8. The monoisotopic (exact) mass is 377 g/mol. The molecule has 6 nitrogen and oxygen atoms in total. The molecular weight excluding hydrogens is 354 g/mol. The summed E-state index contributed by atoms with van der Waals surface area (Å²) >= 11 is 1.29. The van der Waals surface area contributed by atoms with Crippen molar-refractivity contribution in [2.75, 3.05) is 14.1 Å². The third kappa shape index (κ3) is 4.96. The van der Waals surface area contributed by atoms with Crippen molar-refractivity contribution in [1.82, 2.24) is 9.21 Å². The van der Waals surface area contributed by atoms with E-state index in [-0.39, 0.29) is 5.91 Å². The zero-order chi connectivity index (χ0) is 17.0. The van der Waals surface area contributed by atoms with Crippen molar-refractivity contribution in [3.63, 3.8) is 0 Å². The summed E-state index contributed by atoms with van der Waals surface area (Å²) in [5.74, 6) is -0.0483. The lowest BCUT2D eigenvalue weighted by molar-refractivity contribution is -0.127. The zero-order valence-corrected chi connectivity index (χ0v) is 16.4. The Hall–Kier alpha value is -0.540. The standard InChI is InChI=1S/C14H23N3O3S3/c1-14(2)11(18)16(3)12(21-14)15-20-13(19)17(4)23-22-10-8-6-5-7-9-10/h10H,5-9H2,1-4H3. The van der Waals surface area contributed by atoms with Gasteiger partial charge in [-0.2, -0.15) is 0 Å². The maximum absolute atomic E-state index is 12.0. The van der Waals surface area contributed by atoms with Gasteiger partial charge in [-0.1, -0.05) is 41.8 Å². The molecule has 1 aliphatic carbocycles. The first-order valence-electron chi connectivity index (χ1n) is 7.64. The van der Waals surface area contributed by atoms with E-state index in [1.165, 1.54) is 64.1 Å². The molecule has 2 rings (SSSR count). The largest absolute Gasteiger partial charge is 0.446 e. The summed E-state index contributed by atoms with van der Waals surface area (Å²) in [5.41, 5.74) is 0. The van der Waals surface area contributed by atoms with Gasteiger partial charge in [-0.15, -0.1) is 0 Å². The number of hydrogen-bond donors (Lipinski definition) is 0. The molecule has 0 N–H and O–H groups in total. The van der Waals surface area contributed by atoms with Crippen molar-refractivity contribution in [3.05, 3.63) is 0 Å². The van der Waals surface area contributed by atoms with Crippen LogP contribution in [-0.4, -0.2) is 50.5 Å². The van der Waals surface area contributed by atoms with Crippen molar-refractivity contribution in [2.45, 2.75) is 55.9 Å². The number of carbonyl (C=O) groups is 2. The Balaban J connectivity index is 1.79. The molecule has 0 aromatic carbocycles. The summed E-state index contributed by atoms with van der Waals surface area (Å²) in [6, 6.07) is 0. The summed E-state index contributed by atoms with van der Waals surface area (Å²) < 4.78 is 0.868. The normalized spacial score (nSPS) is 23.4. The number of rotatable bonds is 4. The van der Waals surface area contributed by atoms with Crippen LogP contribution in [-0.2, 0) is 9.63 Å². The molecule has 9 heteroatoms. The van der Waals surface area contributed by atoms with Crippen LogP contribution in [0.4, 0.5) is 4.79 Å². The number of amidine groups is 1. The first kappa shape index (κ1) is 18.8. The van der Waals surface area contributed by atoms with E-state index in [2.05, 4.69) is 5.16 Å². The quantitative estimate of drug-likeness (QED) is 0.320. The molecule has 0 unspecified atom stereocenters. The molecule has 0 spiro atoms. The highest BCUT2D eigenvalue weighted by molar-refractivity contribution is 8.76. The maximum Gasteiger partial charge on any atom is 0.446 e. The highest BCUT2D eigenvalue weighted by Gasteiger charge is 2.43. The molecule has 1 saturated heterocycles. The smallest absolute Gasteiger partial charge is 0.295 e. The molecule has 0 atom stereocenters. The zero-order valence-electron chi connectivity index (χ0n) is 13.9. The third-order valence-electron chi connectivity index (χ3n) is 3.76. The summed E-state index contributed by atoms with van der Waals surface area (Å²) in [6.45, 7) is 3.65. The molecule has 2 aliphatic rings. The van der Waals surface area contributed by atoms with Crippen molar-refractivity contribution in [3.8, 4) is 0 Å². The average Bonchev–Trinajstić information content (AvgIpc) is 2.74. The molecule has 1 aliphatic heterocycles. The second-order valence-corrected chi connectivity index (χ2v) is 10.3. The number of nitrogens with zero attached hydrogens (tertiary/aromatic N) is 3. The van der Waals surface area contributed by atoms with E-state index in [1.807, 2.05) is 13.8 Å². The highest BCUT2D eigenvalue weighted by Crippen LogP contribution is 2.38. The SMILES string of the molecule is CN(SSC1CCCCC1)C(=O)ON=C1SC(C)(C)C(=O)N1C. The van der Waals surface area contributed by atoms with Gasteiger partial charge in [-0.05, 0) is 31.8 Å². The Labute approximate surface area is 149 Å². The lowest BCUT2D eigenvalue weighted by Gasteiger charge is -2.22. The lowest BCUT2D eigenvalue weighted by atomic mass is 10.0. The van der Waals surface area contributed by atoms with E-state index < -0.39 is 10.8 Å². The molecule has 0 bridgehead atoms. The first-order valence-corrected chi connectivity index (χ1v) is 10.6. The predicted octanol–water partition coefficient (Wildman–Crippen LogP) is 3.94. The fraction of sp³-hybridized carbons (Fsp3) is 0.786. The Bertz CT molecular complexity index is 493. The minimum Gasteiger partial charge on any atom is -0.295 e. The molecule has 0 aromatic heterocycles. The van der Waals surface area contributed by atoms with Gasteiger partial charge in [0.15, 0.2) is 0 Å². The highest BCUT2D eigenvalue weighted by atomic mass is 33.1. The second-order valence-electron chi connectivity index (χ2n) is 6.14. The Morgan fingerprint density at radius 2 is 2.04 bits per heavy atom. The number of oxime groups is 1. The van der Waals surface area contributed by atoms with Crippen LogP contribution in [0, 0.1) is 0 Å². The van der Waals surface area contributed by atoms with Crippen molar-refractivity contribution in [1.29, 1.82) is 0 Å². The maximum atomic E-state index is 12.0. The number of amides is 2. The van der Waals surface area contributed by atoms with Crippen molar-refractivity contribution < 1.29 is 14.4 Å². The van der Waals surface area contributed by atoms with Crippen LogP contribution in [0.3, 0.4) is 0 Å². The van der Waals surface area contributed by atoms with E-state index in [0.29, 0.717) is 10.4 Å². The molecule has 0 aromatic rings. The van der Waals surface area contributed by atoms with E-state index in [4.69, 9.17) is 4.84 Å². The van der Waals surface area contributed by atoms with Crippen LogP contribution in [0.5, 0.6) is 0 Å². The molecule has 2 fully saturated rings. The Morgan fingerprint density at radius 1 is 1.39 bits per heavy atom. The number of hydrogen-bond acceptors (Lipinski definition) is 7. The minimum absolute atomic E-state index is 0.0483. The lowest BCUT2D eigenvalue weighted by Crippen LogP contribution is -2.33. The van der Waals surface area contributed by atoms with Gasteiger partial charge in [0, 0.05) is 30.3 Å². The fourth-order valence-corrected chi connectivity index (χ4v) is 5.72. The fourth-order valence-electron chi connectivity index (χ4n) is 2.36. The molecule has 1 heterocycles. The van der Waals surface area contributed by atoms with Gasteiger partial charge in [0.25, 0.3) is 0 Å². The van der Waals surface area contributed by atoms with Crippen LogP contribution >= 0.6 is 33.5 Å². The van der Waals surface area contributed by atoms with Gasteiger partial charge in [0.2, 0.25) is 11.1 Å². The van der Waals surface area contributed by atoms with E-state index in [0.717, 1.165) is 0 Å². The molecular formula is C14H23N3O3S3. The summed E-state index contributed by atoms with van der Waals surface area (Å²) in [6.07, 6.45) is 5.75. The molecule has 130 valence electrons. The Morgan fingerprint density at radius 3 is 2.61 bits per heavy atom. The van der Waals surface area contributed by atoms with Gasteiger partial charge in [-0.3, -0.25) is 14.5 Å². The van der Waals surface area contributed by atoms with Gasteiger partial charge < -0.3 is 0 Å². The van der Waals surface area contributed by atoms with Gasteiger partial charge in [0.05, 0.1) is 4.75 Å². The van der Waals surface area contributed by atoms with Gasteiger partial charge in [0.1, 0.15) is 0 Å². The van der Waals surface area contributed by atoms with Crippen LogP contribution in [0.2, 0.25) is 0 Å². The van der Waals surface area contributed by atoms with E-state index in [1.54, 1.807) is 24.9 Å². The molecule has 1 saturated carbocycles. The summed E-state index contributed by atoms with van der Waals surface area (Å²) in [7, 11) is 6.41. The van der Waals surface area contributed by atoms with Gasteiger partial charge in [-0.25, -0.2) is 9.10 Å². The van der Waals surface area contributed by atoms with E-state index in [9.17, 15) is 9.59 Å². The molecule has 2 amide bonds. The average molecular weight is 378 g/mol. The van der Waals surface area contributed by atoms with E-state index >= 15 is 0 Å². The van der Waals surface area contributed by atoms with Crippen LogP contribution in [0.1, 0.15) is 46.0 Å². The van der Waals surface area contributed by atoms with Crippen molar-refractivity contribution in [2.24, 2.45) is 5.16 Å². The summed E-state index contributed by atoms with van der Waals surface area (Å²) in [5, 5.41) is 4.85. The predicted molar refractivity (Wildman–Crippen MR) is 98.2 cm³/mol. The third-order valence-corrected chi connectivity index (χ3v) is 7.92.